The lowest BCUT2D eigenvalue weighted by atomic mass is 10.0. The molecule has 4 aromatic rings. The van der Waals surface area contributed by atoms with Gasteiger partial charge in [-0.3, -0.25) is 4.79 Å². The summed E-state index contributed by atoms with van der Waals surface area (Å²) in [4.78, 5) is 19.1. The van der Waals surface area contributed by atoms with Crippen LogP contribution in [0.5, 0.6) is 0 Å². The Morgan fingerprint density at radius 1 is 1.09 bits per heavy atom. The Hall–Kier alpha value is -3.74. The monoisotopic (exact) mass is 459 g/mol. The van der Waals surface area contributed by atoms with Crippen molar-refractivity contribution in [1.29, 1.82) is 0 Å². The lowest BCUT2D eigenvalue weighted by Gasteiger charge is -2.26. The quantitative estimate of drug-likeness (QED) is 0.366. The van der Waals surface area contributed by atoms with Crippen LogP contribution in [-0.4, -0.2) is 27.5 Å². The third kappa shape index (κ3) is 4.51. The van der Waals surface area contributed by atoms with Gasteiger partial charge in [-0.25, -0.2) is 9.37 Å². The van der Waals surface area contributed by atoms with Gasteiger partial charge in [0.15, 0.2) is 17.4 Å². The molecule has 1 aliphatic heterocycles. The van der Waals surface area contributed by atoms with Crippen LogP contribution in [0, 0.1) is 5.82 Å². The molecule has 0 bridgehead atoms. The Balaban J connectivity index is 1.22. The summed E-state index contributed by atoms with van der Waals surface area (Å²) in [6.07, 6.45) is 3.07. The van der Waals surface area contributed by atoms with Crippen LogP contribution in [0.3, 0.4) is 0 Å². The number of halogens is 1. The molecule has 0 radical (unpaired) electrons. The first-order valence-electron chi connectivity index (χ1n) is 11.5. The van der Waals surface area contributed by atoms with E-state index in [1.54, 1.807) is 23.2 Å². The topological polar surface area (TPSA) is 72.4 Å². The van der Waals surface area contributed by atoms with Gasteiger partial charge >= 0.3 is 0 Å². The van der Waals surface area contributed by atoms with Gasteiger partial charge < -0.3 is 13.8 Å². The fraction of sp³-hybridized carbons (Fsp3) is 0.296. The number of oxazole rings is 1. The van der Waals surface area contributed by atoms with Crippen molar-refractivity contribution >= 4 is 5.91 Å². The first-order chi connectivity index (χ1) is 16.5. The summed E-state index contributed by atoms with van der Waals surface area (Å²) < 4.78 is 24.7. The van der Waals surface area contributed by atoms with Crippen LogP contribution in [0.4, 0.5) is 4.39 Å². The number of fused-ring (bicyclic) bond motifs is 1. The van der Waals surface area contributed by atoms with Gasteiger partial charge in [0.1, 0.15) is 5.82 Å². The molecule has 2 aromatic heterocycles. The molecular formula is C27H26FN3O3. The molecule has 0 aliphatic carbocycles. The van der Waals surface area contributed by atoms with E-state index in [0.29, 0.717) is 55.7 Å². The van der Waals surface area contributed by atoms with E-state index in [2.05, 4.69) is 36.1 Å². The lowest BCUT2D eigenvalue weighted by molar-refractivity contribution is -0.132. The minimum absolute atomic E-state index is 0.0259. The van der Waals surface area contributed by atoms with Crippen LogP contribution >= 0.6 is 0 Å². The van der Waals surface area contributed by atoms with Gasteiger partial charge in [-0.2, -0.15) is 0 Å². The molecule has 1 aliphatic rings. The fourth-order valence-electron chi connectivity index (χ4n) is 4.22. The van der Waals surface area contributed by atoms with E-state index in [1.807, 2.05) is 12.1 Å². The molecule has 3 heterocycles. The number of carbonyl (C=O) groups is 1. The second kappa shape index (κ2) is 9.25. The lowest BCUT2D eigenvalue weighted by Crippen LogP contribution is -2.36. The number of hydrogen-bond donors (Lipinski definition) is 0. The Labute approximate surface area is 197 Å². The number of aromatic nitrogens is 2. The highest BCUT2D eigenvalue weighted by Crippen LogP contribution is 2.31. The number of nitrogens with zero attached hydrogens (tertiary/aromatic N) is 3. The highest BCUT2D eigenvalue weighted by Gasteiger charge is 2.27. The summed E-state index contributed by atoms with van der Waals surface area (Å²) in [6, 6.07) is 14.4. The van der Waals surface area contributed by atoms with Crippen molar-refractivity contribution in [1.82, 2.24) is 15.0 Å². The summed E-state index contributed by atoms with van der Waals surface area (Å²) in [7, 11) is 0. The zero-order valence-corrected chi connectivity index (χ0v) is 19.3. The molecule has 1 amide bonds. The van der Waals surface area contributed by atoms with Gasteiger partial charge in [0, 0.05) is 42.5 Å². The highest BCUT2D eigenvalue weighted by atomic mass is 19.1. The van der Waals surface area contributed by atoms with Crippen LogP contribution in [0.2, 0.25) is 0 Å². The maximum atomic E-state index is 13.3. The van der Waals surface area contributed by atoms with E-state index in [1.165, 1.54) is 17.7 Å². The van der Waals surface area contributed by atoms with Crippen molar-refractivity contribution in [2.24, 2.45) is 0 Å². The zero-order chi connectivity index (χ0) is 23.7. The molecule has 0 unspecified atom stereocenters. The smallest absolute Gasteiger partial charge is 0.223 e. The molecule has 6 nitrogen and oxygen atoms in total. The number of hydrogen-bond acceptors (Lipinski definition) is 5. The molecule has 0 saturated heterocycles. The van der Waals surface area contributed by atoms with Crippen LogP contribution in [-0.2, 0) is 24.2 Å². The van der Waals surface area contributed by atoms with Crippen molar-refractivity contribution in [2.75, 3.05) is 6.54 Å². The first-order valence-corrected chi connectivity index (χ1v) is 11.5. The van der Waals surface area contributed by atoms with E-state index < -0.39 is 0 Å². The van der Waals surface area contributed by atoms with Crippen molar-refractivity contribution in [3.05, 3.63) is 83.3 Å². The normalized spacial score (nSPS) is 13.4. The van der Waals surface area contributed by atoms with E-state index in [0.717, 1.165) is 22.4 Å². The van der Waals surface area contributed by atoms with Gasteiger partial charge in [0.05, 0.1) is 18.4 Å². The third-order valence-electron chi connectivity index (χ3n) is 6.26. The number of rotatable bonds is 6. The summed E-state index contributed by atoms with van der Waals surface area (Å²) in [6.45, 7) is 5.33. The van der Waals surface area contributed by atoms with Gasteiger partial charge in [-0.05, 0) is 35.7 Å². The predicted octanol–water partition coefficient (Wildman–Crippen LogP) is 5.78. The maximum absolute atomic E-state index is 13.3. The fourth-order valence-corrected chi connectivity index (χ4v) is 4.22. The Morgan fingerprint density at radius 2 is 1.82 bits per heavy atom. The molecule has 2 aromatic carbocycles. The van der Waals surface area contributed by atoms with Crippen molar-refractivity contribution in [2.45, 2.75) is 45.6 Å². The van der Waals surface area contributed by atoms with E-state index in [-0.39, 0.29) is 11.7 Å². The molecule has 0 N–H and O–H groups in total. The number of benzene rings is 2. The minimum Gasteiger partial charge on any atom is -0.441 e. The van der Waals surface area contributed by atoms with Crippen LogP contribution in [0.25, 0.3) is 22.6 Å². The van der Waals surface area contributed by atoms with Gasteiger partial charge in [0.25, 0.3) is 0 Å². The molecular weight excluding hydrogens is 433 g/mol. The standard InChI is InChI=1S/C27H26FN3O3/c1-17(2)18-3-5-19(6-4-18)24-15-29-25(33-24)11-12-26(32)31-14-13-23-22(16-31)27(34-30-23)20-7-9-21(28)10-8-20/h3-10,15,17H,11-14,16H2,1-2H3. The van der Waals surface area contributed by atoms with E-state index >= 15 is 0 Å². The number of aryl methyl sites for hydroxylation is 1. The first kappa shape index (κ1) is 22.1. The zero-order valence-electron chi connectivity index (χ0n) is 19.3. The van der Waals surface area contributed by atoms with Gasteiger partial charge in [0.2, 0.25) is 5.91 Å². The summed E-state index contributed by atoms with van der Waals surface area (Å²) >= 11 is 0. The third-order valence-corrected chi connectivity index (χ3v) is 6.26. The molecule has 7 heteroatoms. The minimum atomic E-state index is -0.309. The van der Waals surface area contributed by atoms with E-state index in [9.17, 15) is 9.18 Å². The van der Waals surface area contributed by atoms with Crippen molar-refractivity contribution < 1.29 is 18.1 Å². The van der Waals surface area contributed by atoms with Crippen LogP contribution in [0.15, 0.2) is 63.7 Å². The summed E-state index contributed by atoms with van der Waals surface area (Å²) in [5.74, 6) is 2.03. The number of amides is 1. The van der Waals surface area contributed by atoms with Crippen LogP contribution in [0.1, 0.15) is 48.9 Å². The second-order valence-electron chi connectivity index (χ2n) is 8.90. The highest BCUT2D eigenvalue weighted by molar-refractivity contribution is 5.77. The Morgan fingerprint density at radius 3 is 2.56 bits per heavy atom. The molecule has 34 heavy (non-hydrogen) atoms. The summed E-state index contributed by atoms with van der Waals surface area (Å²) in [5.41, 5.74) is 4.73. The molecule has 0 saturated carbocycles. The SMILES string of the molecule is CC(C)c1ccc(-c2cnc(CCC(=O)N3CCc4noc(-c5ccc(F)cc5)c4C3)o2)cc1. The molecule has 0 fully saturated rings. The Kier molecular flexibility index (Phi) is 6.01. The largest absolute Gasteiger partial charge is 0.441 e. The molecule has 0 atom stereocenters. The average molecular weight is 460 g/mol. The summed E-state index contributed by atoms with van der Waals surface area (Å²) in [5, 5.41) is 4.16. The Bertz CT molecular complexity index is 1290. The second-order valence-corrected chi connectivity index (χ2v) is 8.90. The molecule has 174 valence electrons. The predicted molar refractivity (Wildman–Crippen MR) is 125 cm³/mol. The average Bonchev–Trinajstić information content (AvgIpc) is 3.50. The van der Waals surface area contributed by atoms with Crippen molar-refractivity contribution in [3.8, 4) is 22.6 Å². The maximum Gasteiger partial charge on any atom is 0.223 e. The molecule has 0 spiro atoms. The van der Waals surface area contributed by atoms with Crippen LogP contribution < -0.4 is 0 Å². The van der Waals surface area contributed by atoms with Crippen molar-refractivity contribution in [3.63, 3.8) is 0 Å². The van der Waals surface area contributed by atoms with Gasteiger partial charge in [-0.15, -0.1) is 0 Å². The molecule has 5 rings (SSSR count). The number of carbonyl (C=O) groups excluding carboxylic acids is 1. The van der Waals surface area contributed by atoms with Gasteiger partial charge in [-0.1, -0.05) is 43.3 Å². The van der Waals surface area contributed by atoms with E-state index in [4.69, 9.17) is 8.94 Å².